The molecule has 102 valence electrons. The highest BCUT2D eigenvalue weighted by atomic mass is 16.5. The van der Waals surface area contributed by atoms with E-state index in [9.17, 15) is 4.79 Å². The van der Waals surface area contributed by atoms with Gasteiger partial charge in [-0.25, -0.2) is 0 Å². The second-order valence-electron chi connectivity index (χ2n) is 4.83. The fraction of sp³-hybridized carbons (Fsp3) is 0.929. The normalized spacial score (nSPS) is 10.8. The van der Waals surface area contributed by atoms with Crippen LogP contribution in [0.25, 0.3) is 0 Å². The predicted molar refractivity (Wildman–Crippen MR) is 72.0 cm³/mol. The van der Waals surface area contributed by atoms with Crippen molar-refractivity contribution in [3.63, 3.8) is 0 Å². The Morgan fingerprint density at radius 2 is 1.71 bits per heavy atom. The molecule has 0 aliphatic heterocycles. The molecular formula is C14H29NO2. The molecule has 0 saturated heterocycles. The third-order valence-electron chi connectivity index (χ3n) is 2.68. The smallest absolute Gasteiger partial charge is 0.222 e. The summed E-state index contributed by atoms with van der Waals surface area (Å²) >= 11 is 0. The Bertz CT molecular complexity index is 181. The topological polar surface area (TPSA) is 38.3 Å². The molecule has 0 aliphatic carbocycles. The van der Waals surface area contributed by atoms with Crippen LogP contribution >= 0.6 is 0 Å². The van der Waals surface area contributed by atoms with Gasteiger partial charge in [0.05, 0.1) is 0 Å². The molecule has 0 bridgehead atoms. The molecule has 3 heteroatoms. The van der Waals surface area contributed by atoms with Gasteiger partial charge in [-0.05, 0) is 19.3 Å². The van der Waals surface area contributed by atoms with E-state index in [2.05, 4.69) is 12.2 Å². The molecule has 0 aromatic rings. The van der Waals surface area contributed by atoms with Crippen molar-refractivity contribution in [1.82, 2.24) is 5.32 Å². The van der Waals surface area contributed by atoms with Crippen LogP contribution in [0, 0.1) is 5.92 Å². The van der Waals surface area contributed by atoms with Crippen LogP contribution in [-0.4, -0.2) is 25.7 Å². The maximum Gasteiger partial charge on any atom is 0.222 e. The van der Waals surface area contributed by atoms with Gasteiger partial charge in [0.25, 0.3) is 0 Å². The van der Waals surface area contributed by atoms with Gasteiger partial charge in [0.1, 0.15) is 0 Å². The Labute approximate surface area is 106 Å². The molecule has 0 heterocycles. The van der Waals surface area contributed by atoms with Gasteiger partial charge in [0.15, 0.2) is 0 Å². The van der Waals surface area contributed by atoms with E-state index < -0.39 is 0 Å². The number of unbranched alkanes of at least 4 members (excludes halogenated alkanes) is 4. The van der Waals surface area contributed by atoms with E-state index in [1.807, 2.05) is 13.8 Å². The van der Waals surface area contributed by atoms with E-state index in [1.165, 1.54) is 25.7 Å². The van der Waals surface area contributed by atoms with Gasteiger partial charge < -0.3 is 10.1 Å². The van der Waals surface area contributed by atoms with Crippen LogP contribution in [0.3, 0.4) is 0 Å². The first kappa shape index (κ1) is 16.4. The Kier molecular flexibility index (Phi) is 11.5. The molecule has 0 atom stereocenters. The summed E-state index contributed by atoms with van der Waals surface area (Å²) in [6.07, 6.45) is 7.08. The Balaban J connectivity index is 3.06. The summed E-state index contributed by atoms with van der Waals surface area (Å²) in [6.45, 7) is 8.52. The monoisotopic (exact) mass is 243 g/mol. The minimum Gasteiger partial charge on any atom is -0.381 e. The van der Waals surface area contributed by atoms with E-state index in [0.29, 0.717) is 0 Å². The number of nitrogens with one attached hydrogen (secondary N) is 1. The molecular weight excluding hydrogens is 214 g/mol. The van der Waals surface area contributed by atoms with Crippen molar-refractivity contribution < 1.29 is 9.53 Å². The molecule has 0 radical (unpaired) electrons. The first-order chi connectivity index (χ1) is 8.18. The van der Waals surface area contributed by atoms with Crippen LogP contribution in [0.4, 0.5) is 0 Å². The molecule has 0 aromatic heterocycles. The largest absolute Gasteiger partial charge is 0.381 e. The van der Waals surface area contributed by atoms with Crippen LogP contribution < -0.4 is 5.32 Å². The SMILES string of the molecule is CCCCCCOCCCCNC(=O)C(C)C. The molecule has 0 aliphatic rings. The number of amides is 1. The van der Waals surface area contributed by atoms with Crippen LogP contribution in [0.15, 0.2) is 0 Å². The van der Waals surface area contributed by atoms with Crippen molar-refractivity contribution in [3.8, 4) is 0 Å². The maximum absolute atomic E-state index is 11.2. The zero-order valence-corrected chi connectivity index (χ0v) is 11.8. The zero-order valence-electron chi connectivity index (χ0n) is 11.8. The van der Waals surface area contributed by atoms with Crippen LogP contribution in [-0.2, 0) is 9.53 Å². The summed E-state index contributed by atoms with van der Waals surface area (Å²) < 4.78 is 5.52. The molecule has 0 aromatic carbocycles. The minimum absolute atomic E-state index is 0.0878. The lowest BCUT2D eigenvalue weighted by atomic mass is 10.2. The third kappa shape index (κ3) is 11.7. The molecule has 3 nitrogen and oxygen atoms in total. The lowest BCUT2D eigenvalue weighted by Crippen LogP contribution is -2.28. The van der Waals surface area contributed by atoms with Crippen LogP contribution in [0.5, 0.6) is 0 Å². The average molecular weight is 243 g/mol. The number of carbonyl (C=O) groups is 1. The predicted octanol–water partition coefficient (Wildman–Crippen LogP) is 3.14. The highest BCUT2D eigenvalue weighted by Crippen LogP contribution is 1.99. The second kappa shape index (κ2) is 11.9. The van der Waals surface area contributed by atoms with Gasteiger partial charge in [-0.2, -0.15) is 0 Å². The number of hydrogen-bond donors (Lipinski definition) is 1. The van der Waals surface area contributed by atoms with Crippen LogP contribution in [0.1, 0.15) is 59.3 Å². The minimum atomic E-state index is 0.0878. The number of ether oxygens (including phenoxy) is 1. The summed E-state index contributed by atoms with van der Waals surface area (Å²) in [5, 5.41) is 2.91. The van der Waals surface area contributed by atoms with Crippen LogP contribution in [0.2, 0.25) is 0 Å². The lowest BCUT2D eigenvalue weighted by molar-refractivity contribution is -0.123. The van der Waals surface area contributed by atoms with Crippen molar-refractivity contribution >= 4 is 5.91 Å². The highest BCUT2D eigenvalue weighted by Gasteiger charge is 2.04. The Morgan fingerprint density at radius 1 is 1.06 bits per heavy atom. The summed E-state index contributed by atoms with van der Waals surface area (Å²) in [4.78, 5) is 11.2. The number of carbonyl (C=O) groups excluding carboxylic acids is 1. The quantitative estimate of drug-likeness (QED) is 0.566. The lowest BCUT2D eigenvalue weighted by Gasteiger charge is -2.07. The standard InChI is InChI=1S/C14H29NO2/c1-4-5-6-8-11-17-12-9-7-10-15-14(16)13(2)3/h13H,4-12H2,1-3H3,(H,15,16). The van der Waals surface area contributed by atoms with Gasteiger partial charge in [-0.15, -0.1) is 0 Å². The molecule has 1 amide bonds. The van der Waals surface area contributed by atoms with Crippen molar-refractivity contribution in [2.45, 2.75) is 59.3 Å². The van der Waals surface area contributed by atoms with Gasteiger partial charge >= 0.3 is 0 Å². The molecule has 0 rings (SSSR count). The average Bonchev–Trinajstić information content (AvgIpc) is 2.31. The Hall–Kier alpha value is -0.570. The van der Waals surface area contributed by atoms with E-state index in [1.54, 1.807) is 0 Å². The first-order valence-electron chi connectivity index (χ1n) is 7.04. The van der Waals surface area contributed by atoms with Gasteiger partial charge in [0.2, 0.25) is 5.91 Å². The van der Waals surface area contributed by atoms with E-state index in [4.69, 9.17) is 4.74 Å². The zero-order chi connectivity index (χ0) is 12.9. The number of hydrogen-bond acceptors (Lipinski definition) is 2. The van der Waals surface area contributed by atoms with Crippen molar-refractivity contribution in [2.75, 3.05) is 19.8 Å². The van der Waals surface area contributed by atoms with Gasteiger partial charge in [-0.1, -0.05) is 40.0 Å². The molecule has 17 heavy (non-hydrogen) atoms. The molecule has 0 unspecified atom stereocenters. The number of rotatable bonds is 11. The highest BCUT2D eigenvalue weighted by molar-refractivity contribution is 5.77. The van der Waals surface area contributed by atoms with Gasteiger partial charge in [0, 0.05) is 25.7 Å². The molecule has 0 spiro atoms. The summed E-state index contributed by atoms with van der Waals surface area (Å²) in [5.74, 6) is 0.232. The first-order valence-corrected chi connectivity index (χ1v) is 7.04. The van der Waals surface area contributed by atoms with Crippen molar-refractivity contribution in [1.29, 1.82) is 0 Å². The van der Waals surface area contributed by atoms with E-state index >= 15 is 0 Å². The fourth-order valence-corrected chi connectivity index (χ4v) is 1.48. The molecule has 1 N–H and O–H groups in total. The van der Waals surface area contributed by atoms with Crippen molar-refractivity contribution in [2.24, 2.45) is 5.92 Å². The van der Waals surface area contributed by atoms with Crippen molar-refractivity contribution in [3.05, 3.63) is 0 Å². The maximum atomic E-state index is 11.2. The molecule has 0 fully saturated rings. The third-order valence-corrected chi connectivity index (χ3v) is 2.68. The molecule has 0 saturated carbocycles. The summed E-state index contributed by atoms with van der Waals surface area (Å²) in [6, 6.07) is 0. The fourth-order valence-electron chi connectivity index (χ4n) is 1.48. The summed E-state index contributed by atoms with van der Waals surface area (Å²) in [7, 11) is 0. The van der Waals surface area contributed by atoms with Gasteiger partial charge in [-0.3, -0.25) is 4.79 Å². The Morgan fingerprint density at radius 3 is 2.29 bits per heavy atom. The summed E-state index contributed by atoms with van der Waals surface area (Å²) in [5.41, 5.74) is 0. The second-order valence-corrected chi connectivity index (χ2v) is 4.83. The van der Waals surface area contributed by atoms with E-state index in [0.717, 1.165) is 32.6 Å². The van der Waals surface area contributed by atoms with E-state index in [-0.39, 0.29) is 11.8 Å².